The summed E-state index contributed by atoms with van der Waals surface area (Å²) in [7, 11) is -3.98. The molecule has 0 saturated heterocycles. The van der Waals surface area contributed by atoms with E-state index in [2.05, 4.69) is 14.7 Å². The summed E-state index contributed by atoms with van der Waals surface area (Å²) < 4.78 is 65.1. The molecule has 2 heterocycles. The maximum Gasteiger partial charge on any atom is 0.433 e. The highest BCUT2D eigenvalue weighted by Gasteiger charge is 2.32. The maximum atomic E-state index is 12.4. The van der Waals surface area contributed by atoms with Crippen LogP contribution >= 0.6 is 0 Å². The van der Waals surface area contributed by atoms with Crippen LogP contribution in [0.25, 0.3) is 0 Å². The van der Waals surface area contributed by atoms with E-state index in [4.69, 9.17) is 0 Å². The van der Waals surface area contributed by atoms with Crippen molar-refractivity contribution >= 4 is 15.7 Å². The van der Waals surface area contributed by atoms with E-state index in [0.29, 0.717) is 6.07 Å². The van der Waals surface area contributed by atoms with Crippen molar-refractivity contribution in [2.45, 2.75) is 31.1 Å². The summed E-state index contributed by atoms with van der Waals surface area (Å²) in [6, 6.07) is 1.72. The summed E-state index contributed by atoms with van der Waals surface area (Å²) in [5.41, 5.74) is -1.17. The number of imidazole rings is 1. The van der Waals surface area contributed by atoms with Crippen LogP contribution < -0.4 is 4.72 Å². The number of hydrogen-bond acceptors (Lipinski definition) is 4. The van der Waals surface area contributed by atoms with Gasteiger partial charge in [-0.3, -0.25) is 4.72 Å². The van der Waals surface area contributed by atoms with E-state index in [1.165, 1.54) is 12.5 Å². The van der Waals surface area contributed by atoms with Crippen LogP contribution in [-0.4, -0.2) is 23.0 Å². The zero-order valence-electron chi connectivity index (χ0n) is 11.7. The minimum atomic E-state index is -4.58. The highest BCUT2D eigenvalue weighted by Crippen LogP contribution is 2.28. The Hall–Kier alpha value is -2.10. The molecular weight excluding hydrogens is 321 g/mol. The van der Waals surface area contributed by atoms with Crippen molar-refractivity contribution in [3.63, 3.8) is 0 Å². The number of rotatable bonds is 4. The normalized spacial score (nSPS) is 12.6. The molecule has 0 fully saturated rings. The lowest BCUT2D eigenvalue weighted by Gasteiger charge is -2.08. The third-order valence-corrected chi connectivity index (χ3v) is 4.02. The second-order valence-corrected chi connectivity index (χ2v) is 6.42. The third kappa shape index (κ3) is 3.56. The molecule has 0 atom stereocenters. The lowest BCUT2D eigenvalue weighted by molar-refractivity contribution is -0.141. The van der Waals surface area contributed by atoms with Crippen LogP contribution in [0.1, 0.15) is 25.6 Å². The number of hydrogen-bond donors (Lipinski definition) is 1. The van der Waals surface area contributed by atoms with Gasteiger partial charge in [-0.1, -0.05) is 0 Å². The molecule has 0 amide bonds. The average Bonchev–Trinajstić information content (AvgIpc) is 2.88. The maximum absolute atomic E-state index is 12.4. The van der Waals surface area contributed by atoms with Gasteiger partial charge in [0.1, 0.15) is 5.69 Å². The molecule has 0 aliphatic carbocycles. The van der Waals surface area contributed by atoms with E-state index >= 15 is 0 Å². The molecule has 2 rings (SSSR count). The van der Waals surface area contributed by atoms with Crippen molar-refractivity contribution in [3.05, 3.63) is 36.5 Å². The number of nitrogens with one attached hydrogen (secondary N) is 1. The van der Waals surface area contributed by atoms with Crippen LogP contribution in [0.5, 0.6) is 0 Å². The third-order valence-electron chi connectivity index (χ3n) is 2.76. The Kier molecular flexibility index (Phi) is 4.14. The SMILES string of the molecule is CC(C)n1cnc(S(=O)(=O)Nc2ccc(C(F)(F)F)nc2)c1. The highest BCUT2D eigenvalue weighted by atomic mass is 32.2. The molecule has 0 aliphatic heterocycles. The molecule has 1 N–H and O–H groups in total. The van der Waals surface area contributed by atoms with Crippen LogP contribution in [0, 0.1) is 0 Å². The van der Waals surface area contributed by atoms with Crippen molar-refractivity contribution in [3.8, 4) is 0 Å². The lowest BCUT2D eigenvalue weighted by Crippen LogP contribution is -2.14. The fraction of sp³-hybridized carbons (Fsp3) is 0.333. The summed E-state index contributed by atoms with van der Waals surface area (Å²) in [5, 5.41) is -0.221. The van der Waals surface area contributed by atoms with Crippen molar-refractivity contribution in [2.24, 2.45) is 0 Å². The Balaban J connectivity index is 2.21. The lowest BCUT2D eigenvalue weighted by atomic mass is 10.3. The van der Waals surface area contributed by atoms with E-state index in [0.717, 1.165) is 12.3 Å². The largest absolute Gasteiger partial charge is 0.433 e. The fourth-order valence-electron chi connectivity index (χ4n) is 1.57. The second-order valence-electron chi connectivity index (χ2n) is 4.79. The topological polar surface area (TPSA) is 76.9 Å². The quantitative estimate of drug-likeness (QED) is 0.932. The number of halogens is 3. The van der Waals surface area contributed by atoms with E-state index in [9.17, 15) is 21.6 Å². The minimum absolute atomic E-state index is 0.0317. The van der Waals surface area contributed by atoms with Crippen molar-refractivity contribution in [2.75, 3.05) is 4.72 Å². The summed E-state index contributed by atoms with van der Waals surface area (Å²) in [5.74, 6) is 0. The van der Waals surface area contributed by atoms with Gasteiger partial charge in [-0.25, -0.2) is 9.97 Å². The number of anilines is 1. The molecule has 0 bridgehead atoms. The van der Waals surface area contributed by atoms with Gasteiger partial charge in [0.25, 0.3) is 10.0 Å². The minimum Gasteiger partial charge on any atom is -0.334 e. The summed E-state index contributed by atoms with van der Waals surface area (Å²) in [6.45, 7) is 3.70. The monoisotopic (exact) mass is 334 g/mol. The summed E-state index contributed by atoms with van der Waals surface area (Å²) in [6.07, 6.45) is -1.07. The molecule has 2 aromatic heterocycles. The van der Waals surface area contributed by atoms with Gasteiger partial charge in [0.2, 0.25) is 0 Å². The van der Waals surface area contributed by atoms with Crippen LogP contribution in [0.15, 0.2) is 35.9 Å². The van der Waals surface area contributed by atoms with Gasteiger partial charge in [0.15, 0.2) is 5.03 Å². The van der Waals surface area contributed by atoms with Crippen molar-refractivity contribution in [1.82, 2.24) is 14.5 Å². The Labute approximate surface area is 125 Å². The Morgan fingerprint density at radius 1 is 1.23 bits per heavy atom. The smallest absolute Gasteiger partial charge is 0.334 e. The van der Waals surface area contributed by atoms with Crippen molar-refractivity contribution < 1.29 is 21.6 Å². The summed E-state index contributed by atoms with van der Waals surface area (Å²) in [4.78, 5) is 6.96. The van der Waals surface area contributed by atoms with E-state index in [-0.39, 0.29) is 16.8 Å². The van der Waals surface area contributed by atoms with Gasteiger partial charge in [0.05, 0.1) is 18.2 Å². The van der Waals surface area contributed by atoms with E-state index < -0.39 is 21.9 Å². The molecule has 120 valence electrons. The Morgan fingerprint density at radius 3 is 2.36 bits per heavy atom. The number of nitrogens with zero attached hydrogens (tertiary/aromatic N) is 3. The van der Waals surface area contributed by atoms with E-state index in [1.54, 1.807) is 4.57 Å². The second kappa shape index (κ2) is 5.59. The van der Waals surface area contributed by atoms with Gasteiger partial charge < -0.3 is 4.57 Å². The predicted molar refractivity (Wildman–Crippen MR) is 72.7 cm³/mol. The van der Waals surface area contributed by atoms with E-state index in [1.807, 2.05) is 13.8 Å². The number of aromatic nitrogens is 3. The zero-order valence-corrected chi connectivity index (χ0v) is 12.5. The molecule has 0 radical (unpaired) electrons. The number of alkyl halides is 3. The number of sulfonamides is 1. The molecule has 10 heteroatoms. The van der Waals surface area contributed by atoms with Crippen molar-refractivity contribution in [1.29, 1.82) is 0 Å². The molecule has 2 aromatic rings. The average molecular weight is 334 g/mol. The molecule has 6 nitrogen and oxygen atoms in total. The number of pyridine rings is 1. The van der Waals surface area contributed by atoms with Gasteiger partial charge in [-0.05, 0) is 26.0 Å². The standard InChI is InChI=1S/C12H13F3N4O2S/c1-8(2)19-6-11(17-7-19)22(20,21)18-9-3-4-10(16-5-9)12(13,14)15/h3-8,18H,1-2H3. The zero-order chi connectivity index (χ0) is 16.5. The first-order valence-electron chi connectivity index (χ1n) is 6.19. The molecule has 0 aliphatic rings. The first-order valence-corrected chi connectivity index (χ1v) is 7.67. The molecule has 0 unspecified atom stereocenters. The molecule has 0 aromatic carbocycles. The predicted octanol–water partition coefficient (Wildman–Crippen LogP) is 2.68. The first kappa shape index (κ1) is 16.3. The van der Waals surface area contributed by atoms with Gasteiger partial charge >= 0.3 is 6.18 Å². The first-order chi connectivity index (χ1) is 10.1. The highest BCUT2D eigenvalue weighted by molar-refractivity contribution is 7.92. The Morgan fingerprint density at radius 2 is 1.91 bits per heavy atom. The Bertz CT molecular complexity index is 751. The molecular formula is C12H13F3N4O2S. The van der Waals surface area contributed by atoms with Crippen LogP contribution in [0.2, 0.25) is 0 Å². The molecule has 0 spiro atoms. The van der Waals surface area contributed by atoms with Crippen LogP contribution in [-0.2, 0) is 16.2 Å². The fourth-order valence-corrected chi connectivity index (χ4v) is 2.55. The van der Waals surface area contributed by atoms with Gasteiger partial charge in [-0.2, -0.15) is 21.6 Å². The van der Waals surface area contributed by atoms with Crippen LogP contribution in [0.3, 0.4) is 0 Å². The van der Waals surface area contributed by atoms with Crippen LogP contribution in [0.4, 0.5) is 18.9 Å². The summed E-state index contributed by atoms with van der Waals surface area (Å²) >= 11 is 0. The molecule has 22 heavy (non-hydrogen) atoms. The van der Waals surface area contributed by atoms with Gasteiger partial charge in [0, 0.05) is 12.2 Å². The molecule has 0 saturated carbocycles. The van der Waals surface area contributed by atoms with Gasteiger partial charge in [-0.15, -0.1) is 0 Å².